The minimum absolute atomic E-state index is 0.0763. The van der Waals surface area contributed by atoms with Gasteiger partial charge < -0.3 is 10.4 Å². The van der Waals surface area contributed by atoms with E-state index in [2.05, 4.69) is 5.32 Å². The van der Waals surface area contributed by atoms with Gasteiger partial charge in [-0.2, -0.15) is 13.2 Å². The second-order valence-corrected chi connectivity index (χ2v) is 3.99. The summed E-state index contributed by atoms with van der Waals surface area (Å²) in [6.45, 7) is 1.17. The van der Waals surface area contributed by atoms with E-state index in [9.17, 15) is 22.8 Å². The second-order valence-electron chi connectivity index (χ2n) is 3.99. The Labute approximate surface area is 107 Å². The van der Waals surface area contributed by atoms with Crippen molar-refractivity contribution in [3.8, 4) is 0 Å². The van der Waals surface area contributed by atoms with Crippen LogP contribution < -0.4 is 5.32 Å². The van der Waals surface area contributed by atoms with Crippen LogP contribution in [0, 0.1) is 0 Å². The monoisotopic (exact) mass is 275 g/mol. The molecule has 1 aromatic rings. The van der Waals surface area contributed by atoms with Crippen LogP contribution in [0.4, 0.5) is 13.2 Å². The number of carbonyl (C=O) groups excluding carboxylic acids is 1. The smallest absolute Gasteiger partial charge is 0.416 e. The molecule has 0 saturated heterocycles. The first-order chi connectivity index (χ1) is 8.70. The van der Waals surface area contributed by atoms with Crippen molar-refractivity contribution in [2.45, 2.75) is 25.6 Å². The molecule has 0 aliphatic heterocycles. The van der Waals surface area contributed by atoms with Gasteiger partial charge in [-0.1, -0.05) is 12.1 Å². The van der Waals surface area contributed by atoms with Crippen molar-refractivity contribution in [1.82, 2.24) is 5.32 Å². The Morgan fingerprint density at radius 2 is 1.79 bits per heavy atom. The fourth-order valence-electron chi connectivity index (χ4n) is 1.51. The molecule has 0 aliphatic rings. The lowest BCUT2D eigenvalue weighted by molar-refractivity contribution is -0.141. The lowest BCUT2D eigenvalue weighted by Gasteiger charge is -2.14. The Bertz CT molecular complexity index is 468. The van der Waals surface area contributed by atoms with E-state index >= 15 is 0 Å². The summed E-state index contributed by atoms with van der Waals surface area (Å²) in [7, 11) is 0. The Balaban J connectivity index is 2.81. The molecule has 0 heterocycles. The van der Waals surface area contributed by atoms with Crippen LogP contribution in [0.25, 0.3) is 0 Å². The highest BCUT2D eigenvalue weighted by Crippen LogP contribution is 2.29. The normalized spacial score (nSPS) is 12.8. The molecule has 2 N–H and O–H groups in total. The molecular formula is C12H12F3NO3. The van der Waals surface area contributed by atoms with E-state index in [0.29, 0.717) is 5.56 Å². The van der Waals surface area contributed by atoms with Crippen molar-refractivity contribution in [2.24, 2.45) is 0 Å². The molecule has 0 aliphatic carbocycles. The fourth-order valence-corrected chi connectivity index (χ4v) is 1.51. The van der Waals surface area contributed by atoms with Crippen molar-refractivity contribution in [3.05, 3.63) is 35.4 Å². The van der Waals surface area contributed by atoms with Crippen LogP contribution in [0.1, 0.15) is 18.1 Å². The summed E-state index contributed by atoms with van der Waals surface area (Å²) in [6, 6.07) is 2.99. The maximum atomic E-state index is 12.3. The standard InChI is InChI=1S/C12H12F3NO3/c1-7(17)16-10(11(18)19)6-8-2-4-9(5-3-8)12(13,14)15/h2-5,10H,6H2,1H3,(H,16,17)(H,18,19)/t10-/m1/s1. The van der Waals surface area contributed by atoms with E-state index < -0.39 is 29.7 Å². The molecule has 1 amide bonds. The second kappa shape index (κ2) is 5.73. The molecule has 0 aromatic heterocycles. The van der Waals surface area contributed by atoms with Crippen molar-refractivity contribution in [1.29, 1.82) is 0 Å². The molecule has 0 fully saturated rings. The summed E-state index contributed by atoms with van der Waals surface area (Å²) in [5.41, 5.74) is -0.406. The van der Waals surface area contributed by atoms with Crippen LogP contribution in [-0.2, 0) is 22.2 Å². The number of halogens is 3. The van der Waals surface area contributed by atoms with Gasteiger partial charge in [0.1, 0.15) is 6.04 Å². The van der Waals surface area contributed by atoms with Gasteiger partial charge in [0.15, 0.2) is 0 Å². The number of hydrogen-bond acceptors (Lipinski definition) is 2. The molecule has 4 nitrogen and oxygen atoms in total. The third-order valence-electron chi connectivity index (χ3n) is 2.40. The predicted molar refractivity (Wildman–Crippen MR) is 60.4 cm³/mol. The number of nitrogens with one attached hydrogen (secondary N) is 1. The van der Waals surface area contributed by atoms with Gasteiger partial charge >= 0.3 is 12.1 Å². The van der Waals surface area contributed by atoms with Crippen LogP contribution in [0.15, 0.2) is 24.3 Å². The number of carbonyl (C=O) groups is 2. The number of benzene rings is 1. The van der Waals surface area contributed by atoms with E-state index in [4.69, 9.17) is 5.11 Å². The van der Waals surface area contributed by atoms with Crippen LogP contribution in [0.5, 0.6) is 0 Å². The van der Waals surface area contributed by atoms with Crippen molar-refractivity contribution >= 4 is 11.9 Å². The molecule has 0 spiro atoms. The van der Waals surface area contributed by atoms with Crippen LogP contribution in [0.3, 0.4) is 0 Å². The molecular weight excluding hydrogens is 263 g/mol. The van der Waals surface area contributed by atoms with E-state index in [-0.39, 0.29) is 6.42 Å². The average Bonchev–Trinajstić information content (AvgIpc) is 2.27. The number of alkyl halides is 3. The van der Waals surface area contributed by atoms with Gasteiger partial charge in [0.05, 0.1) is 5.56 Å². The Hall–Kier alpha value is -2.05. The third kappa shape index (κ3) is 4.61. The SMILES string of the molecule is CC(=O)N[C@H](Cc1ccc(C(F)(F)F)cc1)C(=O)O. The maximum Gasteiger partial charge on any atom is 0.416 e. The zero-order valence-corrected chi connectivity index (χ0v) is 9.99. The summed E-state index contributed by atoms with van der Waals surface area (Å²) in [6.07, 6.45) is -4.50. The van der Waals surface area contributed by atoms with Crippen molar-refractivity contribution < 1.29 is 27.9 Å². The van der Waals surface area contributed by atoms with Gasteiger partial charge in [-0.05, 0) is 17.7 Å². The van der Waals surface area contributed by atoms with Crippen LogP contribution in [-0.4, -0.2) is 23.0 Å². The topological polar surface area (TPSA) is 66.4 Å². The average molecular weight is 275 g/mol. The molecule has 1 atom stereocenters. The lowest BCUT2D eigenvalue weighted by Crippen LogP contribution is -2.41. The molecule has 19 heavy (non-hydrogen) atoms. The zero-order valence-electron chi connectivity index (χ0n) is 9.99. The third-order valence-corrected chi connectivity index (χ3v) is 2.40. The summed E-state index contributed by atoms with van der Waals surface area (Å²) >= 11 is 0. The number of carboxylic acid groups (broad SMARTS) is 1. The summed E-state index contributed by atoms with van der Waals surface area (Å²) in [4.78, 5) is 21.7. The van der Waals surface area contributed by atoms with Crippen LogP contribution >= 0.6 is 0 Å². The molecule has 0 radical (unpaired) electrons. The number of hydrogen-bond donors (Lipinski definition) is 2. The number of aliphatic carboxylic acids is 1. The molecule has 0 saturated carbocycles. The largest absolute Gasteiger partial charge is 0.480 e. The molecule has 1 aromatic carbocycles. The van der Waals surface area contributed by atoms with Gasteiger partial charge in [0, 0.05) is 13.3 Å². The first kappa shape index (κ1) is 15.0. The van der Waals surface area contributed by atoms with E-state index in [0.717, 1.165) is 12.1 Å². The predicted octanol–water partition coefficient (Wildman–Crippen LogP) is 1.84. The molecule has 0 unspecified atom stereocenters. The van der Waals surface area contributed by atoms with Gasteiger partial charge in [-0.15, -0.1) is 0 Å². The summed E-state index contributed by atoms with van der Waals surface area (Å²) in [5.74, 6) is -1.76. The highest BCUT2D eigenvalue weighted by Gasteiger charge is 2.30. The Morgan fingerprint density at radius 1 is 1.26 bits per heavy atom. The van der Waals surface area contributed by atoms with Gasteiger partial charge in [0.25, 0.3) is 0 Å². The highest BCUT2D eigenvalue weighted by molar-refractivity contribution is 5.82. The summed E-state index contributed by atoms with van der Waals surface area (Å²) < 4.78 is 37.0. The van der Waals surface area contributed by atoms with E-state index in [1.165, 1.54) is 19.1 Å². The minimum Gasteiger partial charge on any atom is -0.480 e. The van der Waals surface area contributed by atoms with Gasteiger partial charge in [-0.3, -0.25) is 4.79 Å². The van der Waals surface area contributed by atoms with E-state index in [1.54, 1.807) is 0 Å². The highest BCUT2D eigenvalue weighted by atomic mass is 19.4. The quantitative estimate of drug-likeness (QED) is 0.881. The van der Waals surface area contributed by atoms with Gasteiger partial charge in [0.2, 0.25) is 5.91 Å². The Kier molecular flexibility index (Phi) is 4.52. The maximum absolute atomic E-state index is 12.3. The zero-order chi connectivity index (χ0) is 14.6. The Morgan fingerprint density at radius 3 is 2.16 bits per heavy atom. The van der Waals surface area contributed by atoms with Crippen molar-refractivity contribution in [3.63, 3.8) is 0 Å². The molecule has 1 rings (SSSR count). The number of amides is 1. The fraction of sp³-hybridized carbons (Fsp3) is 0.333. The molecule has 7 heteroatoms. The minimum atomic E-state index is -4.43. The first-order valence-electron chi connectivity index (χ1n) is 5.36. The van der Waals surface area contributed by atoms with Gasteiger partial charge in [-0.25, -0.2) is 4.79 Å². The van der Waals surface area contributed by atoms with E-state index in [1.807, 2.05) is 0 Å². The lowest BCUT2D eigenvalue weighted by atomic mass is 10.0. The summed E-state index contributed by atoms with van der Waals surface area (Å²) in [5, 5.41) is 11.1. The van der Waals surface area contributed by atoms with Crippen molar-refractivity contribution in [2.75, 3.05) is 0 Å². The molecule has 104 valence electrons. The number of rotatable bonds is 4. The first-order valence-corrected chi connectivity index (χ1v) is 5.36. The number of carboxylic acids is 1. The molecule has 0 bridgehead atoms. The van der Waals surface area contributed by atoms with Crippen LogP contribution in [0.2, 0.25) is 0 Å².